The fourth-order valence-electron chi connectivity index (χ4n) is 6.20. The first kappa shape index (κ1) is 29.2. The molecule has 1 aromatic carbocycles. The molecule has 2 fully saturated rings. The summed E-state index contributed by atoms with van der Waals surface area (Å²) in [6.45, 7) is 0.585. The number of halogens is 1. The summed E-state index contributed by atoms with van der Waals surface area (Å²) in [4.78, 5) is 43.8. The minimum Gasteiger partial charge on any atom is -0.504 e. The Morgan fingerprint density at radius 1 is 1.20 bits per heavy atom. The van der Waals surface area contributed by atoms with Crippen molar-refractivity contribution in [3.8, 4) is 11.5 Å². The van der Waals surface area contributed by atoms with E-state index in [1.807, 2.05) is 30.3 Å². The molecule has 1 N–H and O–H groups in total. The van der Waals surface area contributed by atoms with Gasteiger partial charge in [0.25, 0.3) is 0 Å². The highest BCUT2D eigenvalue weighted by Crippen LogP contribution is 2.50. The minimum atomic E-state index is -0.953. The fourth-order valence-corrected chi connectivity index (χ4v) is 6.82. The Labute approximate surface area is 251 Å². The number of carbonyl (C=O) groups is 3. The Morgan fingerprint density at radius 3 is 2.68 bits per heavy atom. The van der Waals surface area contributed by atoms with Gasteiger partial charge in [-0.05, 0) is 94.5 Å². The number of nitrogens with zero attached hydrogens (tertiary/aromatic N) is 2. The number of amides is 3. The molecule has 1 aromatic heterocycles. The molecule has 2 aromatic rings. The summed E-state index contributed by atoms with van der Waals surface area (Å²) in [5, 5.41) is 10.3. The molecule has 4 atom stereocenters. The standard InChI is InChI=1S/C30H31IN2O8/c1-38-14-18-13-19-26(29(36)33(28(19)35)30(37)40-3)20-15-41-23(25(18)20)8-7-17(22-6-4-5-9-32-22)10-16-11-21(31)27(34)24(12-16)39-2/h4-6,9-12,19-20,23,26,34H,7-8,13-15H2,1-3H3/b17-10-/t19-,20+,23-,26-/m1/s1. The number of ether oxygens (including phenoxy) is 4. The molecule has 2 aliphatic heterocycles. The number of imide groups is 3. The molecule has 3 heterocycles. The lowest BCUT2D eigenvalue weighted by Crippen LogP contribution is -2.38. The summed E-state index contributed by atoms with van der Waals surface area (Å²) in [6.07, 6.45) is 4.06. The molecule has 41 heavy (non-hydrogen) atoms. The van der Waals surface area contributed by atoms with Crippen LogP contribution < -0.4 is 4.74 Å². The molecule has 5 rings (SSSR count). The highest BCUT2D eigenvalue weighted by molar-refractivity contribution is 14.1. The van der Waals surface area contributed by atoms with E-state index in [9.17, 15) is 19.5 Å². The van der Waals surface area contributed by atoms with E-state index in [0.29, 0.717) is 40.1 Å². The number of hydrogen-bond acceptors (Lipinski definition) is 9. The van der Waals surface area contributed by atoms with E-state index in [1.54, 1.807) is 19.4 Å². The molecule has 1 aliphatic carbocycles. The van der Waals surface area contributed by atoms with Crippen molar-refractivity contribution in [3.63, 3.8) is 0 Å². The number of hydrogen-bond donors (Lipinski definition) is 1. The number of methoxy groups -OCH3 is 3. The number of carbonyl (C=O) groups excluding carboxylic acids is 3. The minimum absolute atomic E-state index is 0.0916. The highest BCUT2D eigenvalue weighted by Gasteiger charge is 2.58. The zero-order chi connectivity index (χ0) is 29.3. The lowest BCUT2D eigenvalue weighted by atomic mass is 9.69. The van der Waals surface area contributed by atoms with Crippen LogP contribution in [0, 0.1) is 21.3 Å². The van der Waals surface area contributed by atoms with Gasteiger partial charge in [-0.15, -0.1) is 0 Å². The third-order valence-electron chi connectivity index (χ3n) is 7.97. The molecule has 3 amide bonds. The highest BCUT2D eigenvalue weighted by atomic mass is 127. The van der Waals surface area contributed by atoms with Crippen LogP contribution in [-0.2, 0) is 23.8 Å². The Kier molecular flexibility index (Phi) is 8.76. The summed E-state index contributed by atoms with van der Waals surface area (Å²) < 4.78 is 22.5. The Balaban J connectivity index is 1.45. The summed E-state index contributed by atoms with van der Waals surface area (Å²) >= 11 is 2.07. The summed E-state index contributed by atoms with van der Waals surface area (Å²) in [7, 11) is 4.26. The van der Waals surface area contributed by atoms with Crippen molar-refractivity contribution in [3.05, 3.63) is 62.5 Å². The lowest BCUT2D eigenvalue weighted by Gasteiger charge is -2.31. The van der Waals surface area contributed by atoms with Gasteiger partial charge in [0.15, 0.2) is 11.5 Å². The van der Waals surface area contributed by atoms with Crippen molar-refractivity contribution in [2.75, 3.05) is 34.5 Å². The van der Waals surface area contributed by atoms with E-state index in [-0.39, 0.29) is 24.4 Å². The lowest BCUT2D eigenvalue weighted by molar-refractivity contribution is -0.137. The summed E-state index contributed by atoms with van der Waals surface area (Å²) in [5.41, 5.74) is 4.56. The van der Waals surface area contributed by atoms with Crippen molar-refractivity contribution >= 4 is 52.1 Å². The first-order chi connectivity index (χ1) is 19.8. The van der Waals surface area contributed by atoms with Gasteiger partial charge in [-0.2, -0.15) is 4.90 Å². The predicted molar refractivity (Wildman–Crippen MR) is 157 cm³/mol. The first-order valence-corrected chi connectivity index (χ1v) is 14.3. The van der Waals surface area contributed by atoms with E-state index in [1.165, 1.54) is 7.11 Å². The van der Waals surface area contributed by atoms with Crippen molar-refractivity contribution in [2.45, 2.75) is 25.4 Å². The smallest absolute Gasteiger partial charge is 0.423 e. The normalized spacial score (nSPS) is 24.0. The first-order valence-electron chi connectivity index (χ1n) is 13.3. The number of phenols is 1. The molecule has 0 spiro atoms. The van der Waals surface area contributed by atoms with E-state index in [2.05, 4.69) is 27.6 Å². The zero-order valence-corrected chi connectivity index (χ0v) is 25.1. The van der Waals surface area contributed by atoms with Crippen molar-refractivity contribution in [1.29, 1.82) is 0 Å². The SMILES string of the molecule is COCC1=C2[C@@H](CC/C(=C/c3cc(I)c(O)c(OC)c3)c3ccccn3)OC[C@@H]2[C@@H]2C(=O)N(C(=O)OC)C(=O)[C@@H]2C1. The maximum atomic E-state index is 13.3. The zero-order valence-electron chi connectivity index (χ0n) is 23.0. The van der Waals surface area contributed by atoms with Gasteiger partial charge in [0.2, 0.25) is 11.8 Å². The molecule has 11 heteroatoms. The van der Waals surface area contributed by atoms with Crippen LogP contribution >= 0.6 is 22.6 Å². The van der Waals surface area contributed by atoms with E-state index >= 15 is 0 Å². The average Bonchev–Trinajstić information content (AvgIpc) is 3.51. The van der Waals surface area contributed by atoms with E-state index < -0.39 is 29.7 Å². The third-order valence-corrected chi connectivity index (χ3v) is 8.79. The van der Waals surface area contributed by atoms with Crippen molar-refractivity contribution < 1.29 is 38.4 Å². The van der Waals surface area contributed by atoms with Crippen LogP contribution in [0.25, 0.3) is 11.6 Å². The number of likely N-dealkylation sites (tertiary alicyclic amines) is 1. The topological polar surface area (TPSA) is 124 Å². The second-order valence-corrected chi connectivity index (χ2v) is 11.4. The third kappa shape index (κ3) is 5.50. The maximum Gasteiger partial charge on any atom is 0.423 e. The number of allylic oxidation sites excluding steroid dienone is 1. The summed E-state index contributed by atoms with van der Waals surface area (Å²) in [5.74, 6) is -2.21. The van der Waals surface area contributed by atoms with Crippen LogP contribution in [0.5, 0.6) is 11.5 Å². The van der Waals surface area contributed by atoms with Gasteiger partial charge in [0.1, 0.15) is 0 Å². The van der Waals surface area contributed by atoms with Crippen LogP contribution in [-0.4, -0.2) is 73.5 Å². The quantitative estimate of drug-likeness (QED) is 0.246. The van der Waals surface area contributed by atoms with Gasteiger partial charge in [-0.25, -0.2) is 4.79 Å². The molecule has 3 aliphatic rings. The van der Waals surface area contributed by atoms with Gasteiger partial charge in [0, 0.05) is 19.2 Å². The Morgan fingerprint density at radius 2 is 2.00 bits per heavy atom. The van der Waals surface area contributed by atoms with Gasteiger partial charge >= 0.3 is 6.09 Å². The number of aromatic hydroxyl groups is 1. The average molecular weight is 674 g/mol. The number of phenolic OH excluding ortho intramolecular Hbond substituents is 1. The number of aromatic nitrogens is 1. The molecule has 0 radical (unpaired) electrons. The molecule has 0 bridgehead atoms. The van der Waals surface area contributed by atoms with Gasteiger partial charge in [0.05, 0.1) is 54.6 Å². The van der Waals surface area contributed by atoms with Crippen LogP contribution in [0.4, 0.5) is 4.79 Å². The molecular weight excluding hydrogens is 643 g/mol. The fraction of sp³-hybridized carbons (Fsp3) is 0.400. The second-order valence-electron chi connectivity index (χ2n) is 10.2. The summed E-state index contributed by atoms with van der Waals surface area (Å²) in [6, 6.07) is 9.38. The Hall–Kier alpha value is -3.29. The molecular formula is C30H31IN2O8. The van der Waals surface area contributed by atoms with Crippen LogP contribution in [0.15, 0.2) is 47.7 Å². The molecule has 10 nitrogen and oxygen atoms in total. The second kappa shape index (κ2) is 12.3. The number of fused-ring (bicyclic) bond motifs is 3. The number of rotatable bonds is 8. The molecule has 0 saturated carbocycles. The van der Waals surface area contributed by atoms with Crippen LogP contribution in [0.2, 0.25) is 0 Å². The largest absolute Gasteiger partial charge is 0.504 e. The van der Waals surface area contributed by atoms with Gasteiger partial charge in [-0.1, -0.05) is 6.07 Å². The molecule has 0 unspecified atom stereocenters. The van der Waals surface area contributed by atoms with Crippen molar-refractivity contribution in [1.82, 2.24) is 9.88 Å². The Bertz CT molecular complexity index is 1420. The van der Waals surface area contributed by atoms with E-state index in [4.69, 9.17) is 18.9 Å². The van der Waals surface area contributed by atoms with Crippen LogP contribution in [0.3, 0.4) is 0 Å². The molecule has 216 valence electrons. The molecule has 2 saturated heterocycles. The monoisotopic (exact) mass is 674 g/mol. The number of benzene rings is 1. The maximum absolute atomic E-state index is 13.3. The van der Waals surface area contributed by atoms with E-state index in [0.717, 1.165) is 35.1 Å². The van der Waals surface area contributed by atoms with Crippen LogP contribution in [0.1, 0.15) is 30.5 Å². The van der Waals surface area contributed by atoms with Crippen molar-refractivity contribution in [2.24, 2.45) is 17.8 Å². The predicted octanol–water partition coefficient (Wildman–Crippen LogP) is 4.45. The van der Waals surface area contributed by atoms with Gasteiger partial charge in [-0.3, -0.25) is 14.6 Å². The number of pyridine rings is 1. The van der Waals surface area contributed by atoms with Gasteiger partial charge < -0.3 is 24.1 Å².